The lowest BCUT2D eigenvalue weighted by Gasteiger charge is -2.34. The van der Waals surface area contributed by atoms with Crippen molar-refractivity contribution in [3.05, 3.63) is 29.3 Å². The molecule has 110 valence electrons. The molecule has 1 fully saturated rings. The highest BCUT2D eigenvalue weighted by Gasteiger charge is 2.22. The van der Waals surface area contributed by atoms with E-state index in [1.54, 1.807) is 6.07 Å². The van der Waals surface area contributed by atoms with Gasteiger partial charge in [-0.15, -0.1) is 11.3 Å². The first-order chi connectivity index (χ1) is 10.1. The molecular formula is C15H17N3O2S. The number of aromatic nitrogens is 2. The molecule has 0 amide bonds. The van der Waals surface area contributed by atoms with Crippen LogP contribution in [0.15, 0.2) is 23.6 Å². The Kier molecular flexibility index (Phi) is 3.88. The Morgan fingerprint density at radius 2 is 2.29 bits per heavy atom. The Morgan fingerprint density at radius 3 is 2.95 bits per heavy atom. The molecule has 1 atom stereocenters. The molecule has 2 aromatic rings. The fraction of sp³-hybridized carbons (Fsp3) is 0.400. The van der Waals surface area contributed by atoms with Gasteiger partial charge < -0.3 is 10.0 Å². The summed E-state index contributed by atoms with van der Waals surface area (Å²) in [6, 6.07) is 5.79. The predicted molar refractivity (Wildman–Crippen MR) is 83.0 cm³/mol. The maximum Gasteiger partial charge on any atom is 0.354 e. The number of rotatable bonds is 3. The summed E-state index contributed by atoms with van der Waals surface area (Å²) in [5.41, 5.74) is 0.0566. The molecule has 0 aliphatic carbocycles. The topological polar surface area (TPSA) is 66.3 Å². The second kappa shape index (κ2) is 5.81. The number of hydrogen-bond acceptors (Lipinski definition) is 5. The Labute approximate surface area is 127 Å². The van der Waals surface area contributed by atoms with Gasteiger partial charge in [0.15, 0.2) is 11.5 Å². The Hall–Kier alpha value is -1.95. The van der Waals surface area contributed by atoms with E-state index < -0.39 is 5.97 Å². The van der Waals surface area contributed by atoms with Gasteiger partial charge in [-0.3, -0.25) is 0 Å². The third-order valence-corrected chi connectivity index (χ3v) is 4.64. The maximum atomic E-state index is 11.3. The third kappa shape index (κ3) is 2.90. The van der Waals surface area contributed by atoms with Crippen LogP contribution in [0.1, 0.15) is 36.7 Å². The second-order valence-corrected chi connectivity index (χ2v) is 6.20. The number of carboxylic acids is 1. The molecule has 0 radical (unpaired) electrons. The van der Waals surface area contributed by atoms with Gasteiger partial charge in [0.1, 0.15) is 5.82 Å². The molecular weight excluding hydrogens is 286 g/mol. The number of carbonyl (C=O) groups is 1. The molecule has 0 saturated carbocycles. The Morgan fingerprint density at radius 1 is 1.43 bits per heavy atom. The Balaban J connectivity index is 2.05. The molecule has 0 bridgehead atoms. The maximum absolute atomic E-state index is 11.3. The molecule has 6 heteroatoms. The highest BCUT2D eigenvalue weighted by molar-refractivity contribution is 7.13. The van der Waals surface area contributed by atoms with Crippen molar-refractivity contribution in [1.82, 2.24) is 9.97 Å². The molecule has 1 saturated heterocycles. The number of hydrogen-bond donors (Lipinski definition) is 1. The summed E-state index contributed by atoms with van der Waals surface area (Å²) < 4.78 is 0. The van der Waals surface area contributed by atoms with Crippen molar-refractivity contribution < 1.29 is 9.90 Å². The number of thiophene rings is 1. The summed E-state index contributed by atoms with van der Waals surface area (Å²) in [7, 11) is 0. The molecule has 1 unspecified atom stereocenters. The van der Waals surface area contributed by atoms with E-state index in [0.717, 1.165) is 30.1 Å². The van der Waals surface area contributed by atoms with E-state index in [9.17, 15) is 9.90 Å². The lowest BCUT2D eigenvalue weighted by molar-refractivity contribution is 0.0690. The van der Waals surface area contributed by atoms with Gasteiger partial charge in [0, 0.05) is 18.7 Å². The van der Waals surface area contributed by atoms with Gasteiger partial charge in [-0.1, -0.05) is 6.07 Å². The summed E-state index contributed by atoms with van der Waals surface area (Å²) in [4.78, 5) is 23.2. The van der Waals surface area contributed by atoms with Gasteiger partial charge >= 0.3 is 5.97 Å². The first-order valence-electron chi connectivity index (χ1n) is 7.08. The molecule has 5 nitrogen and oxygen atoms in total. The van der Waals surface area contributed by atoms with Gasteiger partial charge in [-0.05, 0) is 37.6 Å². The molecule has 3 rings (SSSR count). The summed E-state index contributed by atoms with van der Waals surface area (Å²) in [5, 5.41) is 11.2. The van der Waals surface area contributed by atoms with Gasteiger partial charge in [-0.2, -0.15) is 0 Å². The van der Waals surface area contributed by atoms with Crippen molar-refractivity contribution in [3.8, 4) is 10.7 Å². The zero-order valence-corrected chi connectivity index (χ0v) is 12.6. The monoisotopic (exact) mass is 303 g/mol. The van der Waals surface area contributed by atoms with Crippen molar-refractivity contribution in [2.75, 3.05) is 11.4 Å². The van der Waals surface area contributed by atoms with E-state index in [0.29, 0.717) is 11.9 Å². The van der Waals surface area contributed by atoms with E-state index in [2.05, 4.69) is 21.8 Å². The van der Waals surface area contributed by atoms with Crippen LogP contribution in [0.5, 0.6) is 0 Å². The number of piperidine rings is 1. The molecule has 3 heterocycles. The summed E-state index contributed by atoms with van der Waals surface area (Å²) >= 11 is 1.52. The minimum absolute atomic E-state index is 0.0566. The first-order valence-corrected chi connectivity index (χ1v) is 7.96. The molecule has 1 aliphatic rings. The summed E-state index contributed by atoms with van der Waals surface area (Å²) in [6.07, 6.45) is 3.44. The van der Waals surface area contributed by atoms with Crippen LogP contribution in [-0.4, -0.2) is 33.6 Å². The van der Waals surface area contributed by atoms with Gasteiger partial charge in [0.2, 0.25) is 0 Å². The Bertz CT molecular complexity index is 642. The predicted octanol–water partition coefficient (Wildman–Crippen LogP) is 3.28. The molecule has 21 heavy (non-hydrogen) atoms. The molecule has 1 aliphatic heterocycles. The third-order valence-electron chi connectivity index (χ3n) is 3.77. The van der Waals surface area contributed by atoms with E-state index in [1.165, 1.54) is 17.8 Å². The normalized spacial score (nSPS) is 18.7. The van der Waals surface area contributed by atoms with Crippen LogP contribution in [0.2, 0.25) is 0 Å². The van der Waals surface area contributed by atoms with Crippen LogP contribution < -0.4 is 4.90 Å². The summed E-state index contributed by atoms with van der Waals surface area (Å²) in [5.74, 6) is 0.205. The van der Waals surface area contributed by atoms with Crippen LogP contribution in [0.3, 0.4) is 0 Å². The van der Waals surface area contributed by atoms with Crippen LogP contribution in [-0.2, 0) is 0 Å². The average Bonchev–Trinajstić information content (AvgIpc) is 3.01. The number of carboxylic acid groups (broad SMARTS) is 1. The fourth-order valence-corrected chi connectivity index (χ4v) is 3.30. The van der Waals surface area contributed by atoms with E-state index >= 15 is 0 Å². The molecule has 0 spiro atoms. The largest absolute Gasteiger partial charge is 0.477 e. The second-order valence-electron chi connectivity index (χ2n) is 5.26. The van der Waals surface area contributed by atoms with Crippen LogP contribution >= 0.6 is 11.3 Å². The minimum atomic E-state index is -1.01. The van der Waals surface area contributed by atoms with Crippen molar-refractivity contribution in [3.63, 3.8) is 0 Å². The number of aromatic carboxylic acids is 1. The zero-order valence-electron chi connectivity index (χ0n) is 11.8. The van der Waals surface area contributed by atoms with Crippen LogP contribution in [0.4, 0.5) is 5.82 Å². The molecule has 1 N–H and O–H groups in total. The van der Waals surface area contributed by atoms with Crippen LogP contribution in [0.25, 0.3) is 10.7 Å². The lowest BCUT2D eigenvalue weighted by Crippen LogP contribution is -2.38. The van der Waals surface area contributed by atoms with Gasteiger partial charge in [0.05, 0.1) is 4.88 Å². The highest BCUT2D eigenvalue weighted by atomic mass is 32.1. The smallest absolute Gasteiger partial charge is 0.354 e. The first kappa shape index (κ1) is 14.0. The zero-order chi connectivity index (χ0) is 14.8. The quantitative estimate of drug-likeness (QED) is 0.942. The number of anilines is 1. The standard InChI is InChI=1S/C15H17N3O2S/c1-10-5-2-3-7-18(10)13-9-11(15(19)20)16-14(17-13)12-6-4-8-21-12/h4,6,8-10H,2-3,5,7H2,1H3,(H,19,20). The van der Waals surface area contributed by atoms with Gasteiger partial charge in [-0.25, -0.2) is 14.8 Å². The van der Waals surface area contributed by atoms with E-state index in [-0.39, 0.29) is 5.69 Å². The van der Waals surface area contributed by atoms with Crippen molar-refractivity contribution >= 4 is 23.1 Å². The molecule has 2 aromatic heterocycles. The van der Waals surface area contributed by atoms with Gasteiger partial charge in [0.25, 0.3) is 0 Å². The van der Waals surface area contributed by atoms with Crippen LogP contribution in [0, 0.1) is 0 Å². The SMILES string of the molecule is CC1CCCCN1c1cc(C(=O)O)nc(-c2cccs2)n1. The van der Waals surface area contributed by atoms with Crippen molar-refractivity contribution in [2.45, 2.75) is 32.2 Å². The fourth-order valence-electron chi connectivity index (χ4n) is 2.65. The average molecular weight is 303 g/mol. The molecule has 0 aromatic carbocycles. The summed E-state index contributed by atoms with van der Waals surface area (Å²) in [6.45, 7) is 3.08. The lowest BCUT2D eigenvalue weighted by atomic mass is 10.0. The highest BCUT2D eigenvalue weighted by Crippen LogP contribution is 2.27. The van der Waals surface area contributed by atoms with Crippen molar-refractivity contribution in [2.24, 2.45) is 0 Å². The number of nitrogens with zero attached hydrogens (tertiary/aromatic N) is 3. The minimum Gasteiger partial charge on any atom is -0.477 e. The van der Waals surface area contributed by atoms with Crippen molar-refractivity contribution in [1.29, 1.82) is 0 Å². The van der Waals surface area contributed by atoms with E-state index in [1.807, 2.05) is 17.5 Å². The van der Waals surface area contributed by atoms with E-state index in [4.69, 9.17) is 0 Å².